The highest BCUT2D eigenvalue weighted by Crippen LogP contribution is 2.37. The van der Waals surface area contributed by atoms with Gasteiger partial charge in [-0.1, -0.05) is 58.0 Å². The van der Waals surface area contributed by atoms with Gasteiger partial charge in [-0.25, -0.2) is 0 Å². The van der Waals surface area contributed by atoms with Gasteiger partial charge in [0, 0.05) is 0 Å². The Hall–Kier alpha value is -1.31. The summed E-state index contributed by atoms with van der Waals surface area (Å²) in [6.07, 6.45) is 2.22. The van der Waals surface area contributed by atoms with E-state index in [2.05, 4.69) is 20.8 Å². The molecular formula is C16H24O2. The van der Waals surface area contributed by atoms with E-state index in [0.29, 0.717) is 12.8 Å². The van der Waals surface area contributed by atoms with Crippen LogP contribution >= 0.6 is 0 Å². The number of carboxylic acids is 1. The highest BCUT2D eigenvalue weighted by atomic mass is 16.4. The van der Waals surface area contributed by atoms with Gasteiger partial charge in [-0.15, -0.1) is 0 Å². The van der Waals surface area contributed by atoms with Gasteiger partial charge in [-0.3, -0.25) is 4.79 Å². The van der Waals surface area contributed by atoms with Gasteiger partial charge < -0.3 is 5.11 Å². The molecule has 2 heteroatoms. The van der Waals surface area contributed by atoms with E-state index < -0.39 is 11.4 Å². The fraction of sp³-hybridized carbons (Fsp3) is 0.562. The summed E-state index contributed by atoms with van der Waals surface area (Å²) in [4.78, 5) is 11.8. The molecule has 0 aromatic heterocycles. The van der Waals surface area contributed by atoms with Gasteiger partial charge in [0.2, 0.25) is 0 Å². The quantitative estimate of drug-likeness (QED) is 0.846. The third-order valence-electron chi connectivity index (χ3n) is 3.64. The second kappa shape index (κ2) is 5.55. The number of rotatable bonds is 5. The molecule has 0 aliphatic carbocycles. The SMILES string of the molecule is CCC(CCC(C)(C)C)(C(=O)O)c1ccccc1. The molecule has 0 aliphatic rings. The van der Waals surface area contributed by atoms with Crippen LogP contribution < -0.4 is 0 Å². The maximum Gasteiger partial charge on any atom is 0.314 e. The van der Waals surface area contributed by atoms with Crippen molar-refractivity contribution in [2.75, 3.05) is 0 Å². The summed E-state index contributed by atoms with van der Waals surface area (Å²) in [5.41, 5.74) is 0.336. The normalized spacial score (nSPS) is 15.1. The monoisotopic (exact) mass is 248 g/mol. The number of carbonyl (C=O) groups is 1. The van der Waals surface area contributed by atoms with Crippen molar-refractivity contribution < 1.29 is 9.90 Å². The second-order valence-electron chi connectivity index (χ2n) is 6.17. The lowest BCUT2D eigenvalue weighted by Crippen LogP contribution is -2.36. The number of hydrogen-bond donors (Lipinski definition) is 1. The maximum absolute atomic E-state index is 11.8. The predicted molar refractivity (Wildman–Crippen MR) is 74.7 cm³/mol. The van der Waals surface area contributed by atoms with E-state index >= 15 is 0 Å². The van der Waals surface area contributed by atoms with Crippen LogP contribution in [0.3, 0.4) is 0 Å². The Morgan fingerprint density at radius 2 is 1.67 bits per heavy atom. The van der Waals surface area contributed by atoms with E-state index in [0.717, 1.165) is 12.0 Å². The third kappa shape index (κ3) is 3.34. The zero-order valence-electron chi connectivity index (χ0n) is 11.9. The second-order valence-corrected chi connectivity index (χ2v) is 6.17. The fourth-order valence-corrected chi connectivity index (χ4v) is 2.25. The molecule has 0 saturated heterocycles. The minimum atomic E-state index is -0.742. The molecule has 0 fully saturated rings. The standard InChI is InChI=1S/C16H24O2/c1-5-16(14(17)18,12-11-15(2,3)4)13-9-7-6-8-10-13/h6-10H,5,11-12H2,1-4H3,(H,17,18). The highest BCUT2D eigenvalue weighted by Gasteiger charge is 2.38. The van der Waals surface area contributed by atoms with Crippen LogP contribution in [0.5, 0.6) is 0 Å². The molecule has 2 nitrogen and oxygen atoms in total. The van der Waals surface area contributed by atoms with Crippen molar-refractivity contribution in [2.24, 2.45) is 5.41 Å². The summed E-state index contributed by atoms with van der Waals surface area (Å²) in [6, 6.07) is 9.62. The zero-order valence-corrected chi connectivity index (χ0v) is 11.9. The van der Waals surface area contributed by atoms with E-state index in [1.807, 2.05) is 37.3 Å². The van der Waals surface area contributed by atoms with Crippen LogP contribution in [0.2, 0.25) is 0 Å². The minimum absolute atomic E-state index is 0.157. The van der Waals surface area contributed by atoms with Crippen molar-refractivity contribution in [1.82, 2.24) is 0 Å². The number of carboxylic acid groups (broad SMARTS) is 1. The largest absolute Gasteiger partial charge is 0.481 e. The van der Waals surface area contributed by atoms with Crippen LogP contribution in [0.1, 0.15) is 52.5 Å². The molecule has 1 aromatic carbocycles. The molecule has 0 heterocycles. The topological polar surface area (TPSA) is 37.3 Å². The molecule has 0 saturated carbocycles. The van der Waals surface area contributed by atoms with Gasteiger partial charge >= 0.3 is 5.97 Å². The van der Waals surface area contributed by atoms with Gasteiger partial charge in [-0.05, 0) is 30.2 Å². The number of hydrogen-bond acceptors (Lipinski definition) is 1. The lowest BCUT2D eigenvalue weighted by Gasteiger charge is -2.32. The van der Waals surface area contributed by atoms with Gasteiger partial charge in [0.05, 0.1) is 5.41 Å². The van der Waals surface area contributed by atoms with E-state index in [9.17, 15) is 9.90 Å². The first kappa shape index (κ1) is 14.7. The summed E-state index contributed by atoms with van der Waals surface area (Å²) < 4.78 is 0. The van der Waals surface area contributed by atoms with Crippen molar-refractivity contribution in [3.05, 3.63) is 35.9 Å². The van der Waals surface area contributed by atoms with E-state index in [4.69, 9.17) is 0 Å². The smallest absolute Gasteiger partial charge is 0.314 e. The Morgan fingerprint density at radius 3 is 2.06 bits per heavy atom. The predicted octanol–water partition coefficient (Wildman–Crippen LogP) is 4.25. The summed E-state index contributed by atoms with van der Waals surface area (Å²) in [6.45, 7) is 8.42. The molecule has 1 aromatic rings. The number of aliphatic carboxylic acids is 1. The summed E-state index contributed by atoms with van der Waals surface area (Å²) in [5.74, 6) is -0.708. The lowest BCUT2D eigenvalue weighted by atomic mass is 9.71. The number of benzene rings is 1. The summed E-state index contributed by atoms with van der Waals surface area (Å²) in [7, 11) is 0. The van der Waals surface area contributed by atoms with Crippen molar-refractivity contribution in [2.45, 2.75) is 52.4 Å². The zero-order chi connectivity index (χ0) is 13.8. The molecular weight excluding hydrogens is 224 g/mol. The molecule has 1 N–H and O–H groups in total. The first-order chi connectivity index (χ1) is 8.32. The van der Waals surface area contributed by atoms with Crippen molar-refractivity contribution in [3.8, 4) is 0 Å². The van der Waals surface area contributed by atoms with Crippen LogP contribution in [0, 0.1) is 5.41 Å². The van der Waals surface area contributed by atoms with Crippen molar-refractivity contribution >= 4 is 5.97 Å². The Morgan fingerprint density at radius 1 is 1.11 bits per heavy atom. The molecule has 1 rings (SSSR count). The van der Waals surface area contributed by atoms with E-state index in [1.165, 1.54) is 0 Å². The van der Waals surface area contributed by atoms with Crippen LogP contribution in [0.25, 0.3) is 0 Å². The van der Waals surface area contributed by atoms with Crippen molar-refractivity contribution in [3.63, 3.8) is 0 Å². The molecule has 100 valence electrons. The minimum Gasteiger partial charge on any atom is -0.481 e. The first-order valence-electron chi connectivity index (χ1n) is 6.61. The van der Waals surface area contributed by atoms with Crippen LogP contribution in [0.4, 0.5) is 0 Å². The molecule has 0 amide bonds. The van der Waals surface area contributed by atoms with Crippen LogP contribution in [0.15, 0.2) is 30.3 Å². The maximum atomic E-state index is 11.8. The molecule has 1 atom stereocenters. The van der Waals surface area contributed by atoms with E-state index in [1.54, 1.807) is 0 Å². The molecule has 1 unspecified atom stereocenters. The Balaban J connectivity index is 3.07. The average Bonchev–Trinajstić information content (AvgIpc) is 2.30. The molecule has 0 spiro atoms. The highest BCUT2D eigenvalue weighted by molar-refractivity contribution is 5.81. The fourth-order valence-electron chi connectivity index (χ4n) is 2.25. The first-order valence-corrected chi connectivity index (χ1v) is 6.61. The van der Waals surface area contributed by atoms with Gasteiger partial charge in [-0.2, -0.15) is 0 Å². The van der Waals surface area contributed by atoms with Gasteiger partial charge in [0.15, 0.2) is 0 Å². The summed E-state index contributed by atoms with van der Waals surface area (Å²) in [5, 5.41) is 9.67. The third-order valence-corrected chi connectivity index (χ3v) is 3.64. The molecule has 0 radical (unpaired) electrons. The molecule has 0 bridgehead atoms. The molecule has 18 heavy (non-hydrogen) atoms. The van der Waals surface area contributed by atoms with Crippen molar-refractivity contribution in [1.29, 1.82) is 0 Å². The van der Waals surface area contributed by atoms with Gasteiger partial charge in [0.1, 0.15) is 0 Å². The Kier molecular flexibility index (Phi) is 4.55. The van der Waals surface area contributed by atoms with Gasteiger partial charge in [0.25, 0.3) is 0 Å². The Labute approximate surface area is 110 Å². The summed E-state index contributed by atoms with van der Waals surface area (Å²) >= 11 is 0. The van der Waals surface area contributed by atoms with E-state index in [-0.39, 0.29) is 5.41 Å². The lowest BCUT2D eigenvalue weighted by molar-refractivity contribution is -0.144. The Bertz CT molecular complexity index is 389. The van der Waals surface area contributed by atoms with Crippen LogP contribution in [-0.4, -0.2) is 11.1 Å². The van der Waals surface area contributed by atoms with Crippen LogP contribution in [-0.2, 0) is 10.2 Å². The average molecular weight is 248 g/mol. The molecule has 0 aliphatic heterocycles.